The fourth-order valence-corrected chi connectivity index (χ4v) is 3.65. The van der Waals surface area contributed by atoms with E-state index in [-0.39, 0.29) is 25.1 Å². The van der Waals surface area contributed by atoms with Crippen molar-refractivity contribution in [2.75, 3.05) is 46.1 Å². The number of piperazine rings is 1. The van der Waals surface area contributed by atoms with Crippen LogP contribution in [0.5, 0.6) is 11.5 Å². The molecule has 7 heteroatoms. The van der Waals surface area contributed by atoms with Crippen LogP contribution >= 0.6 is 12.4 Å². The summed E-state index contributed by atoms with van der Waals surface area (Å²) in [5, 5.41) is 3.38. The van der Waals surface area contributed by atoms with Gasteiger partial charge in [0.15, 0.2) is 11.5 Å². The average molecular weight is 354 g/mol. The van der Waals surface area contributed by atoms with Gasteiger partial charge in [-0.05, 0) is 24.1 Å². The Labute approximate surface area is 148 Å². The van der Waals surface area contributed by atoms with Crippen molar-refractivity contribution in [1.82, 2.24) is 15.1 Å². The molecular formula is C17H24ClN3O3. The summed E-state index contributed by atoms with van der Waals surface area (Å²) in [5.41, 5.74) is 0.991. The van der Waals surface area contributed by atoms with Crippen LogP contribution in [0, 0.1) is 0 Å². The van der Waals surface area contributed by atoms with Crippen molar-refractivity contribution in [2.45, 2.75) is 18.9 Å². The molecule has 0 aliphatic carbocycles. The summed E-state index contributed by atoms with van der Waals surface area (Å²) in [6.45, 7) is 6.31. The molecule has 24 heavy (non-hydrogen) atoms. The van der Waals surface area contributed by atoms with Crippen molar-refractivity contribution in [1.29, 1.82) is 0 Å². The molecular weight excluding hydrogens is 330 g/mol. The Kier molecular flexibility index (Phi) is 5.48. The van der Waals surface area contributed by atoms with E-state index in [1.165, 1.54) is 0 Å². The number of fused-ring (bicyclic) bond motifs is 1. The van der Waals surface area contributed by atoms with Gasteiger partial charge < -0.3 is 19.7 Å². The fourth-order valence-electron chi connectivity index (χ4n) is 3.65. The highest BCUT2D eigenvalue weighted by Crippen LogP contribution is 2.32. The molecule has 0 saturated carbocycles. The Morgan fingerprint density at radius 2 is 1.96 bits per heavy atom. The van der Waals surface area contributed by atoms with E-state index in [0.717, 1.165) is 62.8 Å². The molecule has 4 rings (SSSR count). The lowest BCUT2D eigenvalue weighted by molar-refractivity contribution is -0.129. The van der Waals surface area contributed by atoms with Crippen LogP contribution < -0.4 is 14.8 Å². The largest absolute Gasteiger partial charge is 0.454 e. The Morgan fingerprint density at radius 3 is 2.79 bits per heavy atom. The van der Waals surface area contributed by atoms with E-state index in [2.05, 4.69) is 10.2 Å². The van der Waals surface area contributed by atoms with E-state index in [1.54, 1.807) is 0 Å². The van der Waals surface area contributed by atoms with E-state index in [0.29, 0.717) is 12.5 Å². The van der Waals surface area contributed by atoms with Crippen LogP contribution in [-0.4, -0.2) is 67.8 Å². The van der Waals surface area contributed by atoms with Crippen LogP contribution in [0.2, 0.25) is 0 Å². The highest BCUT2D eigenvalue weighted by molar-refractivity contribution is 5.85. The highest BCUT2D eigenvalue weighted by atomic mass is 35.5. The van der Waals surface area contributed by atoms with E-state index in [4.69, 9.17) is 9.47 Å². The number of halogens is 1. The number of rotatable bonds is 3. The van der Waals surface area contributed by atoms with Gasteiger partial charge in [0.05, 0.1) is 6.42 Å². The molecule has 132 valence electrons. The third kappa shape index (κ3) is 3.61. The van der Waals surface area contributed by atoms with Crippen LogP contribution in [0.4, 0.5) is 0 Å². The second kappa shape index (κ2) is 7.59. The lowest BCUT2D eigenvalue weighted by atomic mass is 10.1. The Bertz CT molecular complexity index is 592. The summed E-state index contributed by atoms with van der Waals surface area (Å²) in [7, 11) is 0. The summed E-state index contributed by atoms with van der Waals surface area (Å²) >= 11 is 0. The first-order chi connectivity index (χ1) is 11.3. The van der Waals surface area contributed by atoms with Crippen LogP contribution in [0.3, 0.4) is 0 Å². The third-order valence-electron chi connectivity index (χ3n) is 4.98. The van der Waals surface area contributed by atoms with E-state index >= 15 is 0 Å². The number of hydrogen-bond donors (Lipinski definition) is 1. The normalized spacial score (nSPS) is 23.2. The molecule has 3 aliphatic heterocycles. The maximum absolute atomic E-state index is 12.6. The summed E-state index contributed by atoms with van der Waals surface area (Å²) in [6, 6.07) is 6.29. The topological polar surface area (TPSA) is 54.0 Å². The monoisotopic (exact) mass is 353 g/mol. The number of ether oxygens (including phenoxy) is 2. The van der Waals surface area contributed by atoms with Gasteiger partial charge in [0.2, 0.25) is 12.7 Å². The molecule has 1 atom stereocenters. The van der Waals surface area contributed by atoms with Crippen LogP contribution in [-0.2, 0) is 11.2 Å². The number of carbonyl (C=O) groups excluding carboxylic acids is 1. The first-order valence-corrected chi connectivity index (χ1v) is 8.41. The Balaban J connectivity index is 0.00000169. The maximum Gasteiger partial charge on any atom is 0.231 e. The minimum Gasteiger partial charge on any atom is -0.454 e. The first-order valence-electron chi connectivity index (χ1n) is 8.41. The van der Waals surface area contributed by atoms with Gasteiger partial charge >= 0.3 is 0 Å². The van der Waals surface area contributed by atoms with Gasteiger partial charge in [-0.15, -0.1) is 12.4 Å². The molecule has 1 N–H and O–H groups in total. The molecule has 3 heterocycles. The highest BCUT2D eigenvalue weighted by Gasteiger charge is 2.30. The second-order valence-electron chi connectivity index (χ2n) is 6.43. The zero-order valence-electron chi connectivity index (χ0n) is 13.7. The number of benzene rings is 1. The molecule has 1 amide bonds. The van der Waals surface area contributed by atoms with Crippen molar-refractivity contribution in [3.8, 4) is 11.5 Å². The van der Waals surface area contributed by atoms with Gasteiger partial charge in [0, 0.05) is 45.3 Å². The Morgan fingerprint density at radius 1 is 1.17 bits per heavy atom. The molecule has 0 bridgehead atoms. The van der Waals surface area contributed by atoms with Gasteiger partial charge in [-0.1, -0.05) is 6.07 Å². The van der Waals surface area contributed by atoms with Crippen molar-refractivity contribution in [3.05, 3.63) is 23.8 Å². The van der Waals surface area contributed by atoms with Crippen LogP contribution in [0.1, 0.15) is 12.0 Å². The van der Waals surface area contributed by atoms with Crippen molar-refractivity contribution < 1.29 is 14.3 Å². The zero-order valence-corrected chi connectivity index (χ0v) is 14.5. The van der Waals surface area contributed by atoms with Gasteiger partial charge in [-0.3, -0.25) is 9.69 Å². The molecule has 1 unspecified atom stereocenters. The smallest absolute Gasteiger partial charge is 0.231 e. The first kappa shape index (κ1) is 17.3. The predicted octanol–water partition coefficient (Wildman–Crippen LogP) is 0.886. The van der Waals surface area contributed by atoms with Crippen molar-refractivity contribution in [2.24, 2.45) is 0 Å². The number of hydrogen-bond acceptors (Lipinski definition) is 5. The third-order valence-corrected chi connectivity index (χ3v) is 4.98. The SMILES string of the molecule is Cl.O=C(Cc1ccc2c(c1)OCO2)N1CCC(N2CCNCC2)C1. The molecule has 0 radical (unpaired) electrons. The Hall–Kier alpha value is -1.50. The molecule has 6 nitrogen and oxygen atoms in total. The molecule has 1 aromatic carbocycles. The maximum atomic E-state index is 12.6. The lowest BCUT2D eigenvalue weighted by Crippen LogP contribution is -2.49. The minimum atomic E-state index is 0. The number of carbonyl (C=O) groups is 1. The zero-order chi connectivity index (χ0) is 15.6. The van der Waals surface area contributed by atoms with Crippen molar-refractivity contribution in [3.63, 3.8) is 0 Å². The van der Waals surface area contributed by atoms with E-state index in [9.17, 15) is 4.79 Å². The predicted molar refractivity (Wildman–Crippen MR) is 92.9 cm³/mol. The van der Waals surface area contributed by atoms with Crippen LogP contribution in [0.25, 0.3) is 0 Å². The summed E-state index contributed by atoms with van der Waals surface area (Å²) < 4.78 is 10.7. The molecule has 1 aromatic rings. The number of nitrogens with one attached hydrogen (secondary N) is 1. The second-order valence-corrected chi connectivity index (χ2v) is 6.43. The number of nitrogens with zero attached hydrogens (tertiary/aromatic N) is 2. The average Bonchev–Trinajstić information content (AvgIpc) is 3.24. The molecule has 0 spiro atoms. The van der Waals surface area contributed by atoms with Crippen LogP contribution in [0.15, 0.2) is 18.2 Å². The fraction of sp³-hybridized carbons (Fsp3) is 0.588. The van der Waals surface area contributed by atoms with E-state index in [1.807, 2.05) is 23.1 Å². The number of amides is 1. The molecule has 2 fully saturated rings. The van der Waals surface area contributed by atoms with Crippen molar-refractivity contribution >= 4 is 18.3 Å². The van der Waals surface area contributed by atoms with Gasteiger partial charge in [-0.25, -0.2) is 0 Å². The number of likely N-dealkylation sites (tertiary alicyclic amines) is 1. The quantitative estimate of drug-likeness (QED) is 0.874. The summed E-state index contributed by atoms with van der Waals surface area (Å²) in [5.74, 6) is 1.72. The van der Waals surface area contributed by atoms with E-state index < -0.39 is 0 Å². The lowest BCUT2D eigenvalue weighted by Gasteiger charge is -2.32. The van der Waals surface area contributed by atoms with Gasteiger partial charge in [0.25, 0.3) is 0 Å². The molecule has 3 aliphatic rings. The molecule has 2 saturated heterocycles. The standard InChI is InChI=1S/C17H23N3O3.ClH/c21-17(10-13-1-2-15-16(9-13)23-12-22-15)20-6-3-14(11-20)19-7-4-18-5-8-19;/h1-2,9,14,18H,3-8,10-12H2;1H. The summed E-state index contributed by atoms with van der Waals surface area (Å²) in [4.78, 5) is 17.1. The van der Waals surface area contributed by atoms with Gasteiger partial charge in [-0.2, -0.15) is 0 Å². The summed E-state index contributed by atoms with van der Waals surface area (Å²) in [6.07, 6.45) is 1.53. The molecule has 0 aromatic heterocycles. The van der Waals surface area contributed by atoms with Gasteiger partial charge in [0.1, 0.15) is 0 Å². The minimum absolute atomic E-state index is 0.